The number of carboxylic acids is 1. The van der Waals surface area contributed by atoms with Crippen molar-refractivity contribution in [1.29, 1.82) is 0 Å². The number of aliphatic hydroxyl groups is 1. The third-order valence-electron chi connectivity index (χ3n) is 2.28. The van der Waals surface area contributed by atoms with Gasteiger partial charge in [0.1, 0.15) is 0 Å². The van der Waals surface area contributed by atoms with Crippen LogP contribution in [0.4, 0.5) is 10.6 Å². The number of urea groups is 1. The van der Waals surface area contributed by atoms with E-state index in [9.17, 15) is 9.59 Å². The fourth-order valence-electron chi connectivity index (χ4n) is 1.31. The van der Waals surface area contributed by atoms with Gasteiger partial charge in [-0.05, 0) is 0 Å². The van der Waals surface area contributed by atoms with Crippen LogP contribution in [0.5, 0.6) is 5.88 Å². The van der Waals surface area contributed by atoms with Gasteiger partial charge in [0.2, 0.25) is 5.88 Å². The number of rotatable bonds is 6. The van der Waals surface area contributed by atoms with Gasteiger partial charge in [-0.1, -0.05) is 0 Å². The lowest BCUT2D eigenvalue weighted by Crippen LogP contribution is -2.33. The van der Waals surface area contributed by atoms with Crippen LogP contribution in [0.25, 0.3) is 0 Å². The summed E-state index contributed by atoms with van der Waals surface area (Å²) in [7, 11) is 3.14. The predicted octanol–water partition coefficient (Wildman–Crippen LogP) is -0.614. The van der Waals surface area contributed by atoms with Crippen molar-refractivity contribution in [1.82, 2.24) is 15.1 Å². The molecule has 9 heteroatoms. The molecular formula is C10H16N4O5. The highest BCUT2D eigenvalue weighted by atomic mass is 16.5. The van der Waals surface area contributed by atoms with Crippen LogP contribution >= 0.6 is 0 Å². The molecule has 0 saturated heterocycles. The van der Waals surface area contributed by atoms with Crippen LogP contribution in [-0.4, -0.2) is 51.8 Å². The first-order valence-electron chi connectivity index (χ1n) is 5.47. The monoisotopic (exact) mass is 272 g/mol. The van der Waals surface area contributed by atoms with Crippen molar-refractivity contribution >= 4 is 17.8 Å². The summed E-state index contributed by atoms with van der Waals surface area (Å²) in [6.45, 7) is 0.0310. The molecule has 1 heterocycles. The number of aryl methyl sites for hydroxylation is 1. The van der Waals surface area contributed by atoms with E-state index in [-0.39, 0.29) is 13.0 Å². The van der Waals surface area contributed by atoms with E-state index in [0.29, 0.717) is 11.7 Å². The minimum atomic E-state index is -1.49. The predicted molar refractivity (Wildman–Crippen MR) is 65.0 cm³/mol. The fourth-order valence-corrected chi connectivity index (χ4v) is 1.31. The van der Waals surface area contributed by atoms with Crippen LogP contribution in [0.2, 0.25) is 0 Å². The molecule has 0 aliphatic rings. The Labute approximate surface area is 109 Å². The first-order chi connectivity index (χ1) is 8.93. The summed E-state index contributed by atoms with van der Waals surface area (Å²) in [5.74, 6) is -0.538. The average molecular weight is 272 g/mol. The highest BCUT2D eigenvalue weighted by molar-refractivity contribution is 5.88. The minimum Gasteiger partial charge on any atom is -0.481 e. The highest BCUT2D eigenvalue weighted by Gasteiger charge is 2.13. The minimum absolute atomic E-state index is 0.0310. The van der Waals surface area contributed by atoms with Gasteiger partial charge in [0, 0.05) is 26.1 Å². The van der Waals surface area contributed by atoms with E-state index in [4.69, 9.17) is 14.9 Å². The molecular weight excluding hydrogens is 256 g/mol. The summed E-state index contributed by atoms with van der Waals surface area (Å²) in [6.07, 6.45) is -1.57. The van der Waals surface area contributed by atoms with Crippen LogP contribution in [-0.2, 0) is 11.8 Å². The molecule has 1 unspecified atom stereocenters. The lowest BCUT2D eigenvalue weighted by atomic mass is 10.2. The van der Waals surface area contributed by atoms with Crippen LogP contribution in [0.1, 0.15) is 6.42 Å². The summed E-state index contributed by atoms with van der Waals surface area (Å²) in [6, 6.07) is 0.990. The molecule has 0 spiro atoms. The Morgan fingerprint density at radius 3 is 2.79 bits per heavy atom. The second-order valence-electron chi connectivity index (χ2n) is 3.72. The maximum atomic E-state index is 11.4. The van der Waals surface area contributed by atoms with Gasteiger partial charge in [-0.15, -0.1) is 0 Å². The first-order valence-corrected chi connectivity index (χ1v) is 5.47. The van der Waals surface area contributed by atoms with Crippen LogP contribution in [0.15, 0.2) is 6.07 Å². The zero-order valence-electron chi connectivity index (χ0n) is 10.6. The van der Waals surface area contributed by atoms with Gasteiger partial charge in [0.15, 0.2) is 11.9 Å². The fraction of sp³-hybridized carbons (Fsp3) is 0.500. The largest absolute Gasteiger partial charge is 0.481 e. The van der Waals surface area contributed by atoms with Gasteiger partial charge >= 0.3 is 12.0 Å². The van der Waals surface area contributed by atoms with Gasteiger partial charge < -0.3 is 20.3 Å². The number of carbonyl (C=O) groups is 2. The molecule has 0 aromatic carbocycles. The van der Waals surface area contributed by atoms with Crippen molar-refractivity contribution in [3.8, 4) is 5.88 Å². The number of aromatic nitrogens is 2. The molecule has 0 saturated carbocycles. The number of nitrogens with zero attached hydrogens (tertiary/aromatic N) is 2. The zero-order valence-corrected chi connectivity index (χ0v) is 10.6. The quantitative estimate of drug-likeness (QED) is 0.547. The SMILES string of the molecule is COc1cc(NC(=O)NCCC(O)C(=O)O)nn1C. The van der Waals surface area contributed by atoms with E-state index in [1.807, 2.05) is 0 Å². The van der Waals surface area contributed by atoms with E-state index < -0.39 is 18.1 Å². The number of nitrogens with one attached hydrogen (secondary N) is 2. The Hall–Kier alpha value is -2.29. The summed E-state index contributed by atoms with van der Waals surface area (Å²) in [5.41, 5.74) is 0. The molecule has 2 amide bonds. The van der Waals surface area contributed by atoms with E-state index in [1.54, 1.807) is 7.05 Å². The van der Waals surface area contributed by atoms with E-state index in [2.05, 4.69) is 15.7 Å². The molecule has 106 valence electrons. The maximum absolute atomic E-state index is 11.4. The lowest BCUT2D eigenvalue weighted by Gasteiger charge is -2.07. The Kier molecular flexibility index (Phi) is 5.12. The second kappa shape index (κ2) is 6.59. The number of methoxy groups -OCH3 is 1. The molecule has 0 radical (unpaired) electrons. The molecule has 9 nitrogen and oxygen atoms in total. The lowest BCUT2D eigenvalue weighted by molar-refractivity contribution is -0.146. The number of carbonyl (C=O) groups excluding carboxylic acids is 1. The third kappa shape index (κ3) is 4.47. The number of hydrogen-bond acceptors (Lipinski definition) is 5. The second-order valence-corrected chi connectivity index (χ2v) is 3.72. The Morgan fingerprint density at radius 2 is 2.26 bits per heavy atom. The molecule has 0 aliphatic heterocycles. The van der Waals surface area contributed by atoms with Crippen molar-refractivity contribution < 1.29 is 24.5 Å². The molecule has 1 aromatic rings. The van der Waals surface area contributed by atoms with Gasteiger partial charge in [0.25, 0.3) is 0 Å². The number of carboxylic acid groups (broad SMARTS) is 1. The number of aliphatic hydroxyl groups excluding tert-OH is 1. The van der Waals surface area contributed by atoms with E-state index in [1.165, 1.54) is 17.9 Å². The van der Waals surface area contributed by atoms with Gasteiger partial charge in [0.05, 0.1) is 7.11 Å². The summed E-state index contributed by atoms with van der Waals surface area (Å²) in [5, 5.41) is 26.3. The van der Waals surface area contributed by atoms with Crippen LogP contribution < -0.4 is 15.4 Å². The Balaban J connectivity index is 2.36. The molecule has 1 rings (SSSR count). The molecule has 1 atom stereocenters. The highest BCUT2D eigenvalue weighted by Crippen LogP contribution is 2.14. The zero-order chi connectivity index (χ0) is 14.4. The summed E-state index contributed by atoms with van der Waals surface area (Å²) < 4.78 is 6.42. The average Bonchev–Trinajstić information content (AvgIpc) is 2.68. The molecule has 0 bridgehead atoms. The van der Waals surface area contributed by atoms with Gasteiger partial charge in [-0.2, -0.15) is 5.10 Å². The van der Waals surface area contributed by atoms with Crippen molar-refractivity contribution in [2.24, 2.45) is 7.05 Å². The van der Waals surface area contributed by atoms with Crippen LogP contribution in [0, 0.1) is 0 Å². The normalized spacial score (nSPS) is 11.7. The smallest absolute Gasteiger partial charge is 0.332 e. The maximum Gasteiger partial charge on any atom is 0.332 e. The van der Waals surface area contributed by atoms with Crippen molar-refractivity contribution in [2.75, 3.05) is 19.0 Å². The van der Waals surface area contributed by atoms with E-state index in [0.717, 1.165) is 0 Å². The molecule has 0 fully saturated rings. The summed E-state index contributed by atoms with van der Waals surface area (Å²) >= 11 is 0. The topological polar surface area (TPSA) is 126 Å². The summed E-state index contributed by atoms with van der Waals surface area (Å²) in [4.78, 5) is 21.8. The number of hydrogen-bond donors (Lipinski definition) is 4. The Morgan fingerprint density at radius 1 is 1.58 bits per heavy atom. The van der Waals surface area contributed by atoms with Crippen molar-refractivity contribution in [2.45, 2.75) is 12.5 Å². The number of anilines is 1. The molecule has 19 heavy (non-hydrogen) atoms. The standard InChI is InChI=1S/C10H16N4O5/c1-14-8(19-2)5-7(13-14)12-10(18)11-4-3-6(15)9(16)17/h5-6,15H,3-4H2,1-2H3,(H,16,17)(H2,11,12,13,18). The van der Waals surface area contributed by atoms with Gasteiger partial charge in [-0.3, -0.25) is 5.32 Å². The number of aliphatic carboxylic acids is 1. The molecule has 0 aliphatic carbocycles. The van der Waals surface area contributed by atoms with Crippen molar-refractivity contribution in [3.63, 3.8) is 0 Å². The Bertz CT molecular complexity index is 459. The number of ether oxygens (including phenoxy) is 1. The molecule has 4 N–H and O–H groups in total. The molecule has 1 aromatic heterocycles. The van der Waals surface area contributed by atoms with Crippen LogP contribution in [0.3, 0.4) is 0 Å². The first kappa shape index (κ1) is 14.8. The van der Waals surface area contributed by atoms with E-state index >= 15 is 0 Å². The third-order valence-corrected chi connectivity index (χ3v) is 2.28. The van der Waals surface area contributed by atoms with Crippen molar-refractivity contribution in [3.05, 3.63) is 6.07 Å². The number of amides is 2. The van der Waals surface area contributed by atoms with Gasteiger partial charge in [-0.25, -0.2) is 14.3 Å².